The van der Waals surface area contributed by atoms with E-state index in [9.17, 15) is 9.90 Å². The van der Waals surface area contributed by atoms with Crippen LogP contribution >= 0.6 is 0 Å². The fourth-order valence-electron chi connectivity index (χ4n) is 3.99. The molecule has 0 saturated carbocycles. The minimum atomic E-state index is -2.62. The predicted octanol–water partition coefficient (Wildman–Crippen LogP) is 6.29. The Kier molecular flexibility index (Phi) is 15.2. The van der Waals surface area contributed by atoms with Crippen molar-refractivity contribution >= 4 is 14.8 Å². The van der Waals surface area contributed by atoms with Gasteiger partial charge in [0.25, 0.3) is 0 Å². The molecule has 0 aliphatic carbocycles. The minimum Gasteiger partial charge on any atom is -0.481 e. The average molecular weight is 419 g/mol. The monoisotopic (exact) mass is 418 g/mol. The van der Waals surface area contributed by atoms with E-state index in [0.717, 1.165) is 19.3 Å². The highest BCUT2D eigenvalue weighted by molar-refractivity contribution is 6.60. The van der Waals surface area contributed by atoms with Gasteiger partial charge in [0.1, 0.15) is 0 Å². The van der Waals surface area contributed by atoms with Crippen LogP contribution in [0.4, 0.5) is 0 Å². The van der Waals surface area contributed by atoms with Crippen molar-refractivity contribution in [3.63, 3.8) is 0 Å². The van der Waals surface area contributed by atoms with Gasteiger partial charge in [0.2, 0.25) is 0 Å². The minimum absolute atomic E-state index is 0.204. The Bertz CT molecular complexity index is 388. The summed E-state index contributed by atoms with van der Waals surface area (Å²) in [7, 11) is 2.17. The van der Waals surface area contributed by atoms with Crippen LogP contribution in [0.3, 0.4) is 0 Å². The maximum atomic E-state index is 11.9. The standard InChI is InChI=1S/C22H46O5Si/c1-7-8-9-10-11-12-13-14-15-18-22(2,3)20(21(23)24)17-16-19-28(25-4,26-5)27-6/h20H,7-19H2,1-6H3,(H,23,24). The fraction of sp³-hybridized carbons (Fsp3) is 0.955. The Labute approximate surface area is 174 Å². The van der Waals surface area contributed by atoms with Gasteiger partial charge in [0.05, 0.1) is 5.92 Å². The van der Waals surface area contributed by atoms with Crippen LogP contribution in [0.15, 0.2) is 0 Å². The third-order valence-electron chi connectivity index (χ3n) is 6.07. The molecule has 0 aromatic rings. The van der Waals surface area contributed by atoms with Crippen LogP contribution in [-0.2, 0) is 18.1 Å². The SMILES string of the molecule is CCCCCCCCCCCC(C)(C)C(CCC[Si](OC)(OC)OC)C(=O)O. The molecule has 0 aromatic heterocycles. The summed E-state index contributed by atoms with van der Waals surface area (Å²) >= 11 is 0. The lowest BCUT2D eigenvalue weighted by molar-refractivity contribution is -0.146. The molecule has 1 unspecified atom stereocenters. The van der Waals surface area contributed by atoms with E-state index in [1.165, 1.54) is 51.4 Å². The Balaban J connectivity index is 4.28. The van der Waals surface area contributed by atoms with E-state index >= 15 is 0 Å². The largest absolute Gasteiger partial charge is 0.500 e. The number of unbranched alkanes of at least 4 members (excludes halogenated alkanes) is 8. The Morgan fingerprint density at radius 1 is 0.857 bits per heavy atom. The van der Waals surface area contributed by atoms with E-state index < -0.39 is 14.8 Å². The second kappa shape index (κ2) is 15.4. The number of hydrogen-bond acceptors (Lipinski definition) is 4. The zero-order valence-electron chi connectivity index (χ0n) is 19.3. The Morgan fingerprint density at radius 2 is 1.32 bits per heavy atom. The normalized spacial score (nSPS) is 13.6. The lowest BCUT2D eigenvalue weighted by atomic mass is 9.73. The maximum Gasteiger partial charge on any atom is 0.500 e. The summed E-state index contributed by atoms with van der Waals surface area (Å²) in [6, 6.07) is 0.647. The van der Waals surface area contributed by atoms with E-state index in [-0.39, 0.29) is 11.3 Å². The number of carboxylic acid groups (broad SMARTS) is 1. The Morgan fingerprint density at radius 3 is 1.75 bits per heavy atom. The summed E-state index contributed by atoms with van der Waals surface area (Å²) in [5.74, 6) is -1.04. The number of aliphatic carboxylic acids is 1. The quantitative estimate of drug-likeness (QED) is 0.197. The topological polar surface area (TPSA) is 65.0 Å². The lowest BCUT2D eigenvalue weighted by Gasteiger charge is -2.32. The van der Waals surface area contributed by atoms with Crippen molar-refractivity contribution in [3.8, 4) is 0 Å². The highest BCUT2D eigenvalue weighted by Gasteiger charge is 2.39. The first-order chi connectivity index (χ1) is 13.3. The number of hydrogen-bond donors (Lipinski definition) is 1. The van der Waals surface area contributed by atoms with Crippen LogP contribution in [0.1, 0.15) is 97.8 Å². The van der Waals surface area contributed by atoms with Gasteiger partial charge in [-0.15, -0.1) is 0 Å². The van der Waals surface area contributed by atoms with Crippen molar-refractivity contribution in [1.29, 1.82) is 0 Å². The van der Waals surface area contributed by atoms with Gasteiger partial charge in [-0.3, -0.25) is 4.79 Å². The molecular formula is C22H46O5Si. The average Bonchev–Trinajstić information content (AvgIpc) is 2.67. The molecule has 0 fully saturated rings. The molecule has 0 spiro atoms. The molecule has 0 amide bonds. The molecule has 1 N–H and O–H groups in total. The second-order valence-electron chi connectivity index (χ2n) is 8.65. The van der Waals surface area contributed by atoms with Gasteiger partial charge in [0, 0.05) is 27.4 Å². The van der Waals surface area contributed by atoms with E-state index in [4.69, 9.17) is 13.3 Å². The van der Waals surface area contributed by atoms with Gasteiger partial charge in [0.15, 0.2) is 0 Å². The molecule has 5 nitrogen and oxygen atoms in total. The van der Waals surface area contributed by atoms with Crippen LogP contribution in [0.5, 0.6) is 0 Å². The van der Waals surface area contributed by atoms with E-state index in [2.05, 4.69) is 20.8 Å². The summed E-state index contributed by atoms with van der Waals surface area (Å²) in [6.45, 7) is 6.45. The first-order valence-electron chi connectivity index (χ1n) is 11.2. The van der Waals surface area contributed by atoms with E-state index in [1.807, 2.05) is 0 Å². The van der Waals surface area contributed by atoms with Crippen molar-refractivity contribution in [2.75, 3.05) is 21.3 Å². The van der Waals surface area contributed by atoms with Crippen LogP contribution in [0, 0.1) is 11.3 Å². The third kappa shape index (κ3) is 10.9. The Hall–Kier alpha value is -0.433. The smallest absolute Gasteiger partial charge is 0.481 e. The predicted molar refractivity (Wildman–Crippen MR) is 118 cm³/mol. The summed E-state index contributed by atoms with van der Waals surface area (Å²) in [6.07, 6.45) is 13.9. The van der Waals surface area contributed by atoms with Crippen molar-refractivity contribution in [3.05, 3.63) is 0 Å². The van der Waals surface area contributed by atoms with Crippen LogP contribution in [-0.4, -0.2) is 41.2 Å². The van der Waals surface area contributed by atoms with Crippen molar-refractivity contribution < 1.29 is 23.2 Å². The maximum absolute atomic E-state index is 11.9. The van der Waals surface area contributed by atoms with Crippen LogP contribution in [0.2, 0.25) is 6.04 Å². The van der Waals surface area contributed by atoms with Crippen molar-refractivity contribution in [1.82, 2.24) is 0 Å². The van der Waals surface area contributed by atoms with E-state index in [1.54, 1.807) is 21.3 Å². The van der Waals surface area contributed by atoms with Crippen molar-refractivity contribution in [2.45, 2.75) is 104 Å². The summed E-state index contributed by atoms with van der Waals surface area (Å²) in [4.78, 5) is 11.9. The molecule has 0 rings (SSSR count). The molecule has 28 heavy (non-hydrogen) atoms. The van der Waals surface area contributed by atoms with Gasteiger partial charge in [-0.05, 0) is 24.7 Å². The van der Waals surface area contributed by atoms with Crippen LogP contribution in [0.25, 0.3) is 0 Å². The second-order valence-corrected chi connectivity index (χ2v) is 11.7. The molecule has 0 radical (unpaired) electrons. The first-order valence-corrected chi connectivity index (χ1v) is 13.1. The molecule has 0 saturated heterocycles. The number of carbonyl (C=O) groups is 1. The van der Waals surface area contributed by atoms with E-state index in [0.29, 0.717) is 12.5 Å². The molecule has 168 valence electrons. The van der Waals surface area contributed by atoms with Gasteiger partial charge in [-0.1, -0.05) is 78.6 Å². The molecule has 0 aliphatic rings. The lowest BCUT2D eigenvalue weighted by Crippen LogP contribution is -2.43. The number of carboxylic acids is 1. The van der Waals surface area contributed by atoms with Gasteiger partial charge in [-0.25, -0.2) is 0 Å². The van der Waals surface area contributed by atoms with Gasteiger partial charge < -0.3 is 18.4 Å². The molecule has 1 atom stereocenters. The zero-order valence-corrected chi connectivity index (χ0v) is 20.3. The summed E-state index contributed by atoms with van der Waals surface area (Å²) < 4.78 is 16.3. The first kappa shape index (κ1) is 27.6. The number of rotatable bonds is 19. The van der Waals surface area contributed by atoms with Gasteiger partial charge >= 0.3 is 14.8 Å². The zero-order chi connectivity index (χ0) is 21.5. The molecule has 0 aromatic carbocycles. The molecule has 0 bridgehead atoms. The molecule has 0 heterocycles. The third-order valence-corrected chi connectivity index (χ3v) is 8.91. The molecule has 6 heteroatoms. The summed E-state index contributed by atoms with van der Waals surface area (Å²) in [5, 5.41) is 9.77. The fourth-order valence-corrected chi connectivity index (χ4v) is 5.74. The molecular weight excluding hydrogens is 372 g/mol. The van der Waals surface area contributed by atoms with Gasteiger partial charge in [-0.2, -0.15) is 0 Å². The van der Waals surface area contributed by atoms with Crippen LogP contribution < -0.4 is 0 Å². The summed E-state index contributed by atoms with van der Waals surface area (Å²) in [5.41, 5.74) is -0.204. The highest BCUT2D eigenvalue weighted by atomic mass is 28.4. The molecule has 0 aliphatic heterocycles. The van der Waals surface area contributed by atoms with Crippen molar-refractivity contribution in [2.24, 2.45) is 11.3 Å². The highest BCUT2D eigenvalue weighted by Crippen LogP contribution is 2.37.